The summed E-state index contributed by atoms with van der Waals surface area (Å²) in [4.78, 5) is 22.5. The van der Waals surface area contributed by atoms with E-state index in [9.17, 15) is 14.9 Å². The molecular weight excluding hydrogens is 316 g/mol. The minimum Gasteiger partial charge on any atom is -0.359 e. The van der Waals surface area contributed by atoms with Gasteiger partial charge in [-0.25, -0.2) is 0 Å². The number of nitrogens with one attached hydrogen (secondary N) is 1. The number of nitro benzene ring substituents is 1. The summed E-state index contributed by atoms with van der Waals surface area (Å²) in [6, 6.07) is 11.6. The number of anilines is 1. The van der Waals surface area contributed by atoms with Crippen molar-refractivity contribution < 1.29 is 9.72 Å². The van der Waals surface area contributed by atoms with E-state index < -0.39 is 4.92 Å². The smallest absolute Gasteiger partial charge is 0.289 e. The Labute approximate surface area is 138 Å². The maximum absolute atomic E-state index is 12.1. The number of allylic oxidation sites excluding steroid dienone is 2. The highest BCUT2D eigenvalue weighted by Gasteiger charge is 2.13. The van der Waals surface area contributed by atoms with Crippen LogP contribution in [0, 0.1) is 17.0 Å². The molecule has 1 N–H and O–H groups in total. The van der Waals surface area contributed by atoms with Crippen LogP contribution < -0.4 is 5.32 Å². The van der Waals surface area contributed by atoms with Crippen molar-refractivity contribution in [1.82, 2.24) is 0 Å². The highest BCUT2D eigenvalue weighted by Crippen LogP contribution is 2.27. The van der Waals surface area contributed by atoms with Crippen molar-refractivity contribution in [2.75, 3.05) is 5.32 Å². The van der Waals surface area contributed by atoms with Crippen LogP contribution in [0.3, 0.4) is 0 Å². The molecule has 0 amide bonds. The van der Waals surface area contributed by atoms with Crippen molar-refractivity contribution in [3.05, 3.63) is 80.5 Å². The second-order valence-corrected chi connectivity index (χ2v) is 5.51. The number of hydrogen-bond acceptors (Lipinski definition) is 4. The summed E-state index contributed by atoms with van der Waals surface area (Å²) in [7, 11) is 0. The van der Waals surface area contributed by atoms with Crippen LogP contribution in [-0.4, -0.2) is 10.7 Å². The molecule has 0 heterocycles. The van der Waals surface area contributed by atoms with Crippen LogP contribution in [-0.2, 0) is 0 Å². The molecule has 0 saturated heterocycles. The molecule has 0 unspecified atom stereocenters. The molecule has 2 aromatic rings. The van der Waals surface area contributed by atoms with E-state index in [0.717, 1.165) is 5.56 Å². The van der Waals surface area contributed by atoms with Gasteiger partial charge in [-0.1, -0.05) is 41.4 Å². The van der Waals surface area contributed by atoms with Gasteiger partial charge in [0.1, 0.15) is 5.02 Å². The molecule has 0 aliphatic carbocycles. The molecule has 0 fully saturated rings. The third-order valence-electron chi connectivity index (χ3n) is 3.17. The standard InChI is InChI=1S/C17H15ClN2O3/c1-11-3-5-13(6-4-11)17(21)9-12(2)19-14-7-8-15(18)16(10-14)20(22)23/h3-10,19H,1-2H3/b12-9+. The predicted octanol–water partition coefficient (Wildman–Crippen LogP) is 4.76. The Morgan fingerprint density at radius 1 is 1.22 bits per heavy atom. The highest BCUT2D eigenvalue weighted by molar-refractivity contribution is 6.32. The lowest BCUT2D eigenvalue weighted by Gasteiger charge is -2.07. The first kappa shape index (κ1) is 16.7. The first-order valence-electron chi connectivity index (χ1n) is 6.87. The van der Waals surface area contributed by atoms with Crippen molar-refractivity contribution in [2.45, 2.75) is 13.8 Å². The van der Waals surface area contributed by atoms with Crippen LogP contribution in [0.1, 0.15) is 22.8 Å². The lowest BCUT2D eigenvalue weighted by molar-refractivity contribution is -0.384. The van der Waals surface area contributed by atoms with Gasteiger partial charge >= 0.3 is 0 Å². The van der Waals surface area contributed by atoms with E-state index >= 15 is 0 Å². The summed E-state index contributed by atoms with van der Waals surface area (Å²) in [5, 5.41) is 13.9. The first-order valence-corrected chi connectivity index (χ1v) is 7.25. The minimum absolute atomic E-state index is 0.0675. The van der Waals surface area contributed by atoms with Crippen molar-refractivity contribution in [2.24, 2.45) is 0 Å². The molecule has 2 aromatic carbocycles. The lowest BCUT2D eigenvalue weighted by Crippen LogP contribution is -2.02. The molecule has 0 aromatic heterocycles. The highest BCUT2D eigenvalue weighted by atomic mass is 35.5. The molecule has 118 valence electrons. The second kappa shape index (κ2) is 7.07. The Balaban J connectivity index is 2.16. The number of aryl methyl sites for hydroxylation is 1. The lowest BCUT2D eigenvalue weighted by atomic mass is 10.1. The number of carbonyl (C=O) groups is 1. The summed E-state index contributed by atoms with van der Waals surface area (Å²) in [5.74, 6) is -0.140. The molecule has 0 spiro atoms. The summed E-state index contributed by atoms with van der Waals surface area (Å²) < 4.78 is 0. The number of hydrogen-bond donors (Lipinski definition) is 1. The zero-order valence-electron chi connectivity index (χ0n) is 12.7. The SMILES string of the molecule is C/C(=C\C(=O)c1ccc(C)cc1)Nc1ccc(Cl)c([N+](=O)[O-])c1. The molecule has 0 saturated carbocycles. The fourth-order valence-electron chi connectivity index (χ4n) is 1.99. The van der Waals surface area contributed by atoms with E-state index in [1.165, 1.54) is 18.2 Å². The summed E-state index contributed by atoms with van der Waals surface area (Å²) in [5.41, 5.74) is 2.54. The molecule has 6 heteroatoms. The molecule has 0 bridgehead atoms. The quantitative estimate of drug-likeness (QED) is 0.371. The number of nitrogens with zero attached hydrogens (tertiary/aromatic N) is 1. The molecule has 5 nitrogen and oxygen atoms in total. The molecule has 0 radical (unpaired) electrons. The average molecular weight is 331 g/mol. The number of nitro groups is 1. The van der Waals surface area contributed by atoms with Crippen molar-refractivity contribution >= 4 is 28.8 Å². The normalized spacial score (nSPS) is 11.2. The van der Waals surface area contributed by atoms with E-state index in [4.69, 9.17) is 11.6 Å². The number of rotatable bonds is 5. The Hall–Kier alpha value is -2.66. The van der Waals surface area contributed by atoms with Crippen molar-refractivity contribution in [1.29, 1.82) is 0 Å². The zero-order valence-corrected chi connectivity index (χ0v) is 13.4. The fraction of sp³-hybridized carbons (Fsp3) is 0.118. The van der Waals surface area contributed by atoms with Gasteiger partial charge in [-0.15, -0.1) is 0 Å². The molecule has 0 atom stereocenters. The molecule has 2 rings (SSSR count). The molecule has 23 heavy (non-hydrogen) atoms. The maximum atomic E-state index is 12.1. The predicted molar refractivity (Wildman–Crippen MR) is 91.0 cm³/mol. The van der Waals surface area contributed by atoms with E-state index in [-0.39, 0.29) is 16.5 Å². The number of ketones is 1. The maximum Gasteiger partial charge on any atom is 0.289 e. The van der Waals surface area contributed by atoms with E-state index in [0.29, 0.717) is 16.9 Å². The van der Waals surface area contributed by atoms with Crippen LogP contribution >= 0.6 is 11.6 Å². The van der Waals surface area contributed by atoms with Gasteiger partial charge in [0, 0.05) is 29.1 Å². The number of carbonyl (C=O) groups excluding carboxylic acids is 1. The summed E-state index contributed by atoms with van der Waals surface area (Å²) >= 11 is 5.77. The Morgan fingerprint density at radius 3 is 2.48 bits per heavy atom. The van der Waals surface area contributed by atoms with Crippen LogP contribution in [0.5, 0.6) is 0 Å². The van der Waals surface area contributed by atoms with Gasteiger partial charge < -0.3 is 5.32 Å². The Kier molecular flexibility index (Phi) is 5.13. The van der Waals surface area contributed by atoms with E-state index in [2.05, 4.69) is 5.32 Å². The van der Waals surface area contributed by atoms with Gasteiger partial charge in [0.05, 0.1) is 4.92 Å². The van der Waals surface area contributed by atoms with Gasteiger partial charge in [0.2, 0.25) is 0 Å². The van der Waals surface area contributed by atoms with Crippen molar-refractivity contribution in [3.63, 3.8) is 0 Å². The summed E-state index contributed by atoms with van der Waals surface area (Å²) in [6.45, 7) is 3.66. The fourth-order valence-corrected chi connectivity index (χ4v) is 2.18. The van der Waals surface area contributed by atoms with E-state index in [1.807, 2.05) is 19.1 Å². The molecule has 0 aliphatic rings. The number of halogens is 1. The Bertz CT molecular complexity index is 783. The third kappa shape index (κ3) is 4.40. The Morgan fingerprint density at radius 2 is 1.87 bits per heavy atom. The minimum atomic E-state index is -0.552. The van der Waals surface area contributed by atoms with Gasteiger partial charge in [-0.3, -0.25) is 14.9 Å². The van der Waals surface area contributed by atoms with Crippen LogP contribution in [0.4, 0.5) is 11.4 Å². The van der Waals surface area contributed by atoms with Crippen LogP contribution in [0.15, 0.2) is 54.2 Å². The van der Waals surface area contributed by atoms with Gasteiger partial charge in [0.25, 0.3) is 5.69 Å². The second-order valence-electron chi connectivity index (χ2n) is 5.11. The van der Waals surface area contributed by atoms with Gasteiger partial charge in [-0.2, -0.15) is 0 Å². The molecular formula is C17H15ClN2O3. The number of benzene rings is 2. The monoisotopic (exact) mass is 330 g/mol. The van der Waals surface area contributed by atoms with Gasteiger partial charge in [-0.05, 0) is 26.0 Å². The topological polar surface area (TPSA) is 72.2 Å². The third-order valence-corrected chi connectivity index (χ3v) is 3.49. The van der Waals surface area contributed by atoms with Crippen LogP contribution in [0.2, 0.25) is 5.02 Å². The summed E-state index contributed by atoms with van der Waals surface area (Å²) in [6.07, 6.45) is 1.45. The van der Waals surface area contributed by atoms with Crippen molar-refractivity contribution in [3.8, 4) is 0 Å². The largest absolute Gasteiger partial charge is 0.359 e. The average Bonchev–Trinajstić information content (AvgIpc) is 2.49. The molecule has 0 aliphatic heterocycles. The van der Waals surface area contributed by atoms with Gasteiger partial charge in [0.15, 0.2) is 5.78 Å². The first-order chi connectivity index (χ1) is 10.9. The zero-order chi connectivity index (χ0) is 17.0. The van der Waals surface area contributed by atoms with Crippen LogP contribution in [0.25, 0.3) is 0 Å². The van der Waals surface area contributed by atoms with E-state index in [1.54, 1.807) is 25.1 Å².